The van der Waals surface area contributed by atoms with Crippen LogP contribution in [0.3, 0.4) is 0 Å². The lowest BCUT2D eigenvalue weighted by atomic mass is 9.47. The molecule has 0 heterocycles. The second-order valence-electron chi connectivity index (χ2n) is 15.9. The second-order valence-corrected chi connectivity index (χ2v) is 15.9. The Morgan fingerprint density at radius 3 is 2.36 bits per heavy atom. The fourth-order valence-electron chi connectivity index (χ4n) is 10.8. The van der Waals surface area contributed by atoms with Gasteiger partial charge >= 0.3 is 5.97 Å². The van der Waals surface area contributed by atoms with E-state index in [9.17, 15) is 9.90 Å². The lowest BCUT2D eigenvalue weighted by molar-refractivity contribution is -0.145. The van der Waals surface area contributed by atoms with Crippen LogP contribution in [0.15, 0.2) is 29.9 Å². The Morgan fingerprint density at radius 2 is 1.71 bits per heavy atom. The Morgan fingerprint density at radius 1 is 1.00 bits per heavy atom. The summed E-state index contributed by atoms with van der Waals surface area (Å²) in [7, 11) is 2.98. The molecule has 5 nitrogen and oxygen atoms in total. The number of carbonyl (C=O) groups is 1. The number of benzene rings is 1. The van der Waals surface area contributed by atoms with E-state index in [2.05, 4.69) is 47.6 Å². The molecule has 0 radical (unpaired) electrons. The molecule has 4 aliphatic rings. The van der Waals surface area contributed by atoms with E-state index in [1.54, 1.807) is 18.2 Å². The third kappa shape index (κ3) is 6.57. The van der Waals surface area contributed by atoms with Crippen molar-refractivity contribution in [2.24, 2.45) is 52.3 Å². The van der Waals surface area contributed by atoms with Crippen molar-refractivity contribution in [3.8, 4) is 17.2 Å². The number of hydrogen-bond donors (Lipinski definition) is 1. The van der Waals surface area contributed by atoms with Gasteiger partial charge in [0.1, 0.15) is 6.10 Å². The smallest absolute Gasteiger partial charge is 0.331 e. The Bertz CT molecular complexity index is 1240. The average molecular weight is 621 g/mol. The summed E-state index contributed by atoms with van der Waals surface area (Å²) in [6.45, 7) is 15.0. The highest BCUT2D eigenvalue weighted by atomic mass is 16.5. The fourth-order valence-corrected chi connectivity index (χ4v) is 10.8. The quantitative estimate of drug-likeness (QED) is 0.152. The van der Waals surface area contributed by atoms with Gasteiger partial charge in [-0.2, -0.15) is 0 Å². The van der Waals surface area contributed by atoms with Crippen molar-refractivity contribution < 1.29 is 24.1 Å². The first kappa shape index (κ1) is 33.9. The van der Waals surface area contributed by atoms with Crippen molar-refractivity contribution in [1.29, 1.82) is 0 Å². The molecule has 9 atom stereocenters. The van der Waals surface area contributed by atoms with Crippen LogP contribution in [0, 0.1) is 52.3 Å². The van der Waals surface area contributed by atoms with Crippen LogP contribution in [0.25, 0.3) is 6.08 Å². The molecule has 3 saturated carbocycles. The molecule has 0 spiro atoms. The van der Waals surface area contributed by atoms with Gasteiger partial charge in [-0.25, -0.2) is 4.79 Å². The highest BCUT2D eigenvalue weighted by Gasteiger charge is 2.59. The number of carbonyl (C=O) groups excluding carboxylic acids is 1. The van der Waals surface area contributed by atoms with Crippen LogP contribution in [0.2, 0.25) is 0 Å². The molecule has 1 unspecified atom stereocenters. The number of allylic oxidation sites excluding steroid dienone is 1. The van der Waals surface area contributed by atoms with Gasteiger partial charge in [-0.3, -0.25) is 0 Å². The van der Waals surface area contributed by atoms with Crippen molar-refractivity contribution in [1.82, 2.24) is 0 Å². The van der Waals surface area contributed by atoms with Gasteiger partial charge in [-0.05, 0) is 127 Å². The number of phenolic OH excluding ortho intramolecular Hbond substituents is 1. The summed E-state index contributed by atoms with van der Waals surface area (Å²) in [6, 6.07) is 3.35. The maximum absolute atomic E-state index is 12.9. The van der Waals surface area contributed by atoms with E-state index in [1.165, 1.54) is 77.2 Å². The predicted molar refractivity (Wildman–Crippen MR) is 182 cm³/mol. The van der Waals surface area contributed by atoms with E-state index < -0.39 is 0 Å². The van der Waals surface area contributed by atoms with Crippen LogP contribution in [0.4, 0.5) is 0 Å². The first-order chi connectivity index (χ1) is 21.4. The maximum Gasteiger partial charge on any atom is 0.331 e. The van der Waals surface area contributed by atoms with Crippen molar-refractivity contribution >= 4 is 12.0 Å². The number of esters is 1. The van der Waals surface area contributed by atoms with Gasteiger partial charge in [0, 0.05) is 12.5 Å². The number of methoxy groups -OCH3 is 2. The Labute approximate surface area is 273 Å². The zero-order valence-corrected chi connectivity index (χ0v) is 29.4. The summed E-state index contributed by atoms with van der Waals surface area (Å²) in [4.78, 5) is 12.9. The van der Waals surface area contributed by atoms with Crippen LogP contribution in [0.1, 0.15) is 118 Å². The van der Waals surface area contributed by atoms with E-state index in [0.717, 1.165) is 60.7 Å². The molecule has 5 heteroatoms. The van der Waals surface area contributed by atoms with Gasteiger partial charge in [0.15, 0.2) is 11.5 Å². The summed E-state index contributed by atoms with van der Waals surface area (Å²) in [5.74, 6) is 5.98. The zero-order valence-electron chi connectivity index (χ0n) is 29.4. The van der Waals surface area contributed by atoms with E-state index >= 15 is 0 Å². The molecular weight excluding hydrogens is 560 g/mol. The Balaban J connectivity index is 1.21. The Hall–Kier alpha value is -2.43. The first-order valence-corrected chi connectivity index (χ1v) is 18.0. The standard InChI is InChI=1S/C40H60O5/c1-9-28(25(2)3)12-10-26(4)32-15-16-33-31-14-13-29-24-30(18-20-39(29,5)34(31)19-21-40(32,33)6)45-37(41)17-11-27-22-35(43-7)38(42)36(23-27)44-8/h11,13,17,22-23,25-26,28,30-34,42H,9-10,12,14-16,18-21,24H2,1-8H3/b17-11+/t26-,28-,30?,31+,32-,33+,34+,39+,40-/m1/s1. The largest absolute Gasteiger partial charge is 0.502 e. The molecule has 0 bridgehead atoms. The van der Waals surface area contributed by atoms with Gasteiger partial charge in [-0.1, -0.05) is 66.0 Å². The number of fused-ring (bicyclic) bond motifs is 5. The van der Waals surface area contributed by atoms with Crippen molar-refractivity contribution in [2.75, 3.05) is 14.2 Å². The molecule has 0 amide bonds. The normalized spacial score (nSPS) is 34.0. The number of ether oxygens (including phenoxy) is 3. The molecule has 45 heavy (non-hydrogen) atoms. The molecule has 3 fully saturated rings. The third-order valence-corrected chi connectivity index (χ3v) is 13.5. The molecule has 250 valence electrons. The molecule has 1 aromatic rings. The second kappa shape index (κ2) is 13.7. The molecule has 1 N–H and O–H groups in total. The van der Waals surface area contributed by atoms with Gasteiger partial charge in [0.05, 0.1) is 14.2 Å². The molecule has 1 aromatic carbocycles. The number of hydrogen-bond acceptors (Lipinski definition) is 5. The maximum atomic E-state index is 12.9. The summed E-state index contributed by atoms with van der Waals surface area (Å²) in [6.07, 6.45) is 19.4. The first-order valence-electron chi connectivity index (χ1n) is 18.0. The third-order valence-electron chi connectivity index (χ3n) is 13.5. The summed E-state index contributed by atoms with van der Waals surface area (Å²) < 4.78 is 16.5. The number of phenols is 1. The minimum Gasteiger partial charge on any atom is -0.502 e. The molecule has 0 saturated heterocycles. The lowest BCUT2D eigenvalue weighted by Crippen LogP contribution is -2.51. The average Bonchev–Trinajstić information content (AvgIpc) is 3.38. The van der Waals surface area contributed by atoms with Crippen LogP contribution in [-0.2, 0) is 9.53 Å². The molecular formula is C40H60O5. The predicted octanol–water partition coefficient (Wildman–Crippen LogP) is 10.0. The highest BCUT2D eigenvalue weighted by molar-refractivity contribution is 5.87. The summed E-state index contributed by atoms with van der Waals surface area (Å²) in [5, 5.41) is 10.2. The summed E-state index contributed by atoms with van der Waals surface area (Å²) >= 11 is 0. The van der Waals surface area contributed by atoms with Crippen molar-refractivity contribution in [3.63, 3.8) is 0 Å². The topological polar surface area (TPSA) is 65.0 Å². The molecule has 5 rings (SSSR count). The lowest BCUT2D eigenvalue weighted by Gasteiger charge is -2.58. The molecule has 0 aromatic heterocycles. The van der Waals surface area contributed by atoms with Gasteiger partial charge in [0.2, 0.25) is 5.75 Å². The monoisotopic (exact) mass is 620 g/mol. The SMILES string of the molecule is CC[C@H](CC[C@@H](C)[C@H]1CC[C@H]2[C@@H]3CC=C4CC(OC(=O)/C=C/c5cc(OC)c(O)c(OC)c5)CC[C@]4(C)[C@H]3CC[C@]12C)C(C)C. The van der Waals surface area contributed by atoms with E-state index in [4.69, 9.17) is 14.2 Å². The zero-order chi connectivity index (χ0) is 32.5. The van der Waals surface area contributed by atoms with Crippen LogP contribution in [0.5, 0.6) is 17.2 Å². The summed E-state index contributed by atoms with van der Waals surface area (Å²) in [5.41, 5.74) is 2.96. The van der Waals surface area contributed by atoms with Crippen molar-refractivity contribution in [2.45, 2.75) is 118 Å². The minimum absolute atomic E-state index is 0.0555. The fraction of sp³-hybridized carbons (Fsp3) is 0.725. The van der Waals surface area contributed by atoms with E-state index in [0.29, 0.717) is 22.5 Å². The van der Waals surface area contributed by atoms with E-state index in [1.807, 2.05) is 0 Å². The van der Waals surface area contributed by atoms with Gasteiger partial charge in [0.25, 0.3) is 0 Å². The highest BCUT2D eigenvalue weighted by Crippen LogP contribution is 2.67. The van der Waals surface area contributed by atoms with Crippen molar-refractivity contribution in [3.05, 3.63) is 35.4 Å². The van der Waals surface area contributed by atoms with E-state index in [-0.39, 0.29) is 23.2 Å². The molecule has 4 aliphatic carbocycles. The van der Waals surface area contributed by atoms with Crippen LogP contribution in [-0.4, -0.2) is 31.4 Å². The minimum atomic E-state index is -0.331. The Kier molecular flexibility index (Phi) is 10.4. The van der Waals surface area contributed by atoms with Gasteiger partial charge in [-0.15, -0.1) is 0 Å². The molecule has 0 aliphatic heterocycles. The number of aromatic hydroxyl groups is 1. The van der Waals surface area contributed by atoms with Crippen LogP contribution >= 0.6 is 0 Å². The van der Waals surface area contributed by atoms with Gasteiger partial charge < -0.3 is 19.3 Å². The van der Waals surface area contributed by atoms with Crippen LogP contribution < -0.4 is 9.47 Å². The number of rotatable bonds is 11.